The van der Waals surface area contributed by atoms with Crippen LogP contribution in [0.25, 0.3) is 0 Å². The van der Waals surface area contributed by atoms with Crippen molar-refractivity contribution in [3.8, 4) is 0 Å². The van der Waals surface area contributed by atoms with Gasteiger partial charge in [-0.3, -0.25) is 19.4 Å². The van der Waals surface area contributed by atoms with Crippen molar-refractivity contribution in [3.05, 3.63) is 82.0 Å². The number of benzene rings is 2. The van der Waals surface area contributed by atoms with E-state index in [2.05, 4.69) is 10.6 Å². The van der Waals surface area contributed by atoms with Crippen molar-refractivity contribution in [3.63, 3.8) is 0 Å². The summed E-state index contributed by atoms with van der Waals surface area (Å²) in [7, 11) is 1.25. The third kappa shape index (κ3) is 5.70. The van der Waals surface area contributed by atoms with Crippen molar-refractivity contribution in [2.75, 3.05) is 33.3 Å². The Morgan fingerprint density at radius 2 is 1.77 bits per heavy atom. The average Bonchev–Trinajstić information content (AvgIpc) is 2.83. The molecule has 2 aliphatic rings. The van der Waals surface area contributed by atoms with E-state index >= 15 is 0 Å². The molecule has 0 spiro atoms. The Bertz CT molecular complexity index is 1170. The molecule has 0 aromatic heterocycles. The second-order valence-electron chi connectivity index (χ2n) is 8.29. The molecule has 1 saturated heterocycles. The molecule has 2 N–H and O–H groups in total. The van der Waals surface area contributed by atoms with Crippen LogP contribution in [0.3, 0.4) is 0 Å². The molecule has 35 heavy (non-hydrogen) atoms. The van der Waals surface area contributed by atoms with Crippen molar-refractivity contribution < 1.29 is 23.9 Å². The molecular formula is C25H25ClN4O5. The number of ether oxygens (including phenoxy) is 1. The Kier molecular flexibility index (Phi) is 7.48. The normalized spacial score (nSPS) is 18.9. The van der Waals surface area contributed by atoms with Crippen LogP contribution < -0.4 is 10.6 Å². The van der Waals surface area contributed by atoms with Gasteiger partial charge in [0.2, 0.25) is 11.8 Å². The first-order valence-corrected chi connectivity index (χ1v) is 11.5. The fraction of sp³-hybridized carbons (Fsp3) is 0.280. The number of halogens is 1. The van der Waals surface area contributed by atoms with Gasteiger partial charge in [-0.25, -0.2) is 9.59 Å². The van der Waals surface area contributed by atoms with E-state index in [9.17, 15) is 19.2 Å². The number of piperazine rings is 1. The maximum atomic E-state index is 12.8. The first-order chi connectivity index (χ1) is 16.9. The van der Waals surface area contributed by atoms with Crippen LogP contribution in [0.1, 0.15) is 17.2 Å². The molecule has 10 heteroatoms. The van der Waals surface area contributed by atoms with E-state index < -0.39 is 18.0 Å². The minimum atomic E-state index is -0.802. The van der Waals surface area contributed by atoms with Gasteiger partial charge in [-0.2, -0.15) is 0 Å². The van der Waals surface area contributed by atoms with Crippen molar-refractivity contribution in [2.45, 2.75) is 12.5 Å². The number of imide groups is 1. The van der Waals surface area contributed by atoms with E-state index in [0.717, 1.165) is 5.56 Å². The first kappa shape index (κ1) is 24.4. The highest BCUT2D eigenvalue weighted by atomic mass is 35.5. The number of esters is 1. The van der Waals surface area contributed by atoms with E-state index in [1.807, 2.05) is 30.3 Å². The van der Waals surface area contributed by atoms with Crippen LogP contribution in [0.5, 0.6) is 0 Å². The molecule has 2 heterocycles. The van der Waals surface area contributed by atoms with Gasteiger partial charge in [-0.1, -0.05) is 54.1 Å². The van der Waals surface area contributed by atoms with Gasteiger partial charge in [0, 0.05) is 23.8 Å². The minimum absolute atomic E-state index is 0.0128. The van der Waals surface area contributed by atoms with E-state index in [4.69, 9.17) is 16.3 Å². The van der Waals surface area contributed by atoms with Gasteiger partial charge >= 0.3 is 12.0 Å². The fourth-order valence-corrected chi connectivity index (χ4v) is 4.45. The van der Waals surface area contributed by atoms with Crippen molar-refractivity contribution in [1.82, 2.24) is 20.4 Å². The third-order valence-electron chi connectivity index (χ3n) is 5.91. The second kappa shape index (κ2) is 10.7. The fourth-order valence-electron chi connectivity index (χ4n) is 4.25. The molecule has 4 rings (SSSR count). The van der Waals surface area contributed by atoms with E-state index in [1.165, 1.54) is 12.0 Å². The van der Waals surface area contributed by atoms with Gasteiger partial charge in [-0.15, -0.1) is 0 Å². The SMILES string of the molecule is COC(=O)C1=C(CN2CC(=O)N(CCc3ccccc3)C(=O)C2)NC(=O)N[C@H]1c1cccc(Cl)c1. The Balaban J connectivity index is 1.53. The van der Waals surface area contributed by atoms with Crippen LogP contribution in [0, 0.1) is 0 Å². The summed E-state index contributed by atoms with van der Waals surface area (Å²) in [5, 5.41) is 5.82. The summed E-state index contributed by atoms with van der Waals surface area (Å²) in [6.45, 7) is 0.259. The van der Waals surface area contributed by atoms with Gasteiger partial charge in [0.25, 0.3) is 0 Å². The Morgan fingerprint density at radius 1 is 1.06 bits per heavy atom. The molecule has 182 valence electrons. The van der Waals surface area contributed by atoms with Gasteiger partial charge in [0.15, 0.2) is 0 Å². The lowest BCUT2D eigenvalue weighted by atomic mass is 9.95. The lowest BCUT2D eigenvalue weighted by molar-refractivity contribution is -0.151. The molecule has 0 saturated carbocycles. The van der Waals surface area contributed by atoms with Gasteiger partial charge in [0.05, 0.1) is 31.8 Å². The third-order valence-corrected chi connectivity index (χ3v) is 6.14. The zero-order valence-corrected chi connectivity index (χ0v) is 19.9. The lowest BCUT2D eigenvalue weighted by Gasteiger charge is -2.35. The molecular weight excluding hydrogens is 472 g/mol. The number of carbonyl (C=O) groups excluding carboxylic acids is 4. The van der Waals surface area contributed by atoms with E-state index in [1.54, 1.807) is 29.2 Å². The number of carbonyl (C=O) groups is 4. The van der Waals surface area contributed by atoms with Gasteiger partial charge in [0.1, 0.15) is 0 Å². The summed E-state index contributed by atoms with van der Waals surface area (Å²) in [4.78, 5) is 53.6. The maximum absolute atomic E-state index is 12.8. The number of methoxy groups -OCH3 is 1. The van der Waals surface area contributed by atoms with Crippen LogP contribution in [-0.4, -0.2) is 66.9 Å². The highest BCUT2D eigenvalue weighted by Gasteiger charge is 2.36. The average molecular weight is 497 g/mol. The zero-order valence-electron chi connectivity index (χ0n) is 19.1. The van der Waals surface area contributed by atoms with Crippen LogP contribution in [0.4, 0.5) is 4.79 Å². The van der Waals surface area contributed by atoms with Crippen LogP contribution >= 0.6 is 11.6 Å². The largest absolute Gasteiger partial charge is 0.466 e. The molecule has 9 nitrogen and oxygen atoms in total. The summed E-state index contributed by atoms with van der Waals surface area (Å²) in [6, 6.07) is 15.1. The first-order valence-electron chi connectivity index (χ1n) is 11.1. The minimum Gasteiger partial charge on any atom is -0.466 e. The van der Waals surface area contributed by atoms with Crippen molar-refractivity contribution >= 4 is 35.4 Å². The monoisotopic (exact) mass is 496 g/mol. The zero-order chi connectivity index (χ0) is 24.9. The summed E-state index contributed by atoms with van der Waals surface area (Å²) >= 11 is 6.12. The molecule has 2 aromatic rings. The quantitative estimate of drug-likeness (QED) is 0.448. The molecule has 2 aromatic carbocycles. The highest BCUT2D eigenvalue weighted by Crippen LogP contribution is 2.29. The predicted molar refractivity (Wildman–Crippen MR) is 128 cm³/mol. The lowest BCUT2D eigenvalue weighted by Crippen LogP contribution is -2.56. The summed E-state index contributed by atoms with van der Waals surface area (Å²) in [5.41, 5.74) is 2.08. The Hall–Kier alpha value is -3.69. The second-order valence-corrected chi connectivity index (χ2v) is 8.73. The molecule has 2 aliphatic heterocycles. The molecule has 0 unspecified atom stereocenters. The maximum Gasteiger partial charge on any atom is 0.338 e. The topological polar surface area (TPSA) is 108 Å². The summed E-state index contributed by atoms with van der Waals surface area (Å²) in [5.74, 6) is -1.30. The molecule has 1 atom stereocenters. The summed E-state index contributed by atoms with van der Waals surface area (Å²) in [6.07, 6.45) is 0.568. The van der Waals surface area contributed by atoms with Gasteiger partial charge in [-0.05, 0) is 29.7 Å². The molecule has 0 radical (unpaired) electrons. The van der Waals surface area contributed by atoms with Crippen molar-refractivity contribution in [1.29, 1.82) is 0 Å². The number of hydrogen-bond donors (Lipinski definition) is 2. The number of rotatable bonds is 7. The standard InChI is InChI=1S/C25H25ClN4O5/c1-35-24(33)22-19(27-25(34)28-23(22)17-8-5-9-18(26)12-17)13-29-14-20(31)30(21(32)15-29)11-10-16-6-3-2-4-7-16/h2-9,12,23H,10-11,13-15H2,1H3,(H2,27,28,34)/t23-/m0/s1. The molecule has 0 bridgehead atoms. The number of urea groups is 1. The Morgan fingerprint density at radius 3 is 2.43 bits per heavy atom. The smallest absolute Gasteiger partial charge is 0.338 e. The molecule has 1 fully saturated rings. The Labute approximate surface area is 207 Å². The van der Waals surface area contributed by atoms with E-state index in [0.29, 0.717) is 23.6 Å². The number of amides is 4. The highest BCUT2D eigenvalue weighted by molar-refractivity contribution is 6.30. The van der Waals surface area contributed by atoms with Crippen molar-refractivity contribution in [2.24, 2.45) is 0 Å². The van der Waals surface area contributed by atoms with Crippen LogP contribution in [0.15, 0.2) is 65.9 Å². The van der Waals surface area contributed by atoms with Crippen LogP contribution in [0.2, 0.25) is 5.02 Å². The number of hydrogen-bond acceptors (Lipinski definition) is 6. The molecule has 0 aliphatic carbocycles. The summed E-state index contributed by atoms with van der Waals surface area (Å²) < 4.78 is 4.98. The van der Waals surface area contributed by atoms with E-state index in [-0.39, 0.29) is 42.7 Å². The molecule has 4 amide bonds. The number of nitrogens with one attached hydrogen (secondary N) is 2. The van der Waals surface area contributed by atoms with Crippen LogP contribution in [-0.2, 0) is 25.5 Å². The predicted octanol–water partition coefficient (Wildman–Crippen LogP) is 2.03. The number of nitrogens with zero attached hydrogens (tertiary/aromatic N) is 2. The van der Waals surface area contributed by atoms with Gasteiger partial charge < -0.3 is 15.4 Å².